The zero-order valence-electron chi connectivity index (χ0n) is 6.27. The molecule has 1 rings (SSSR count). The molecule has 0 unspecified atom stereocenters. The molecule has 0 aliphatic rings. The number of esters is 1. The minimum Gasteiger partial charge on any atom is -0.425 e. The quantitative estimate of drug-likeness (QED) is 0.386. The highest BCUT2D eigenvalue weighted by Crippen LogP contribution is 2.07. The van der Waals surface area contributed by atoms with Gasteiger partial charge in [0.15, 0.2) is 6.54 Å². The Balaban J connectivity index is 2.52. The minimum absolute atomic E-state index is 0.422. The second-order valence-electron chi connectivity index (χ2n) is 2.07. The Morgan fingerprint density at radius 2 is 2.00 bits per heavy atom. The molecule has 0 saturated heterocycles. The van der Waals surface area contributed by atoms with E-state index >= 15 is 0 Å². The van der Waals surface area contributed by atoms with Crippen LogP contribution in [0.25, 0.3) is 0 Å². The van der Waals surface area contributed by atoms with Crippen molar-refractivity contribution >= 4 is 5.97 Å². The van der Waals surface area contributed by atoms with Gasteiger partial charge >= 0.3 is 5.97 Å². The van der Waals surface area contributed by atoms with Crippen LogP contribution in [0.2, 0.25) is 0 Å². The molecule has 0 amide bonds. The zero-order valence-corrected chi connectivity index (χ0v) is 6.27. The Bertz CT molecular complexity index is 271. The maximum atomic E-state index is 10.7. The van der Waals surface area contributed by atoms with Gasteiger partial charge in [-0.3, -0.25) is 0 Å². The van der Waals surface area contributed by atoms with Gasteiger partial charge in [-0.1, -0.05) is 23.4 Å². The fraction of sp³-hybridized carbons (Fsp3) is 0.125. The smallest absolute Gasteiger partial charge is 0.336 e. The lowest BCUT2D eigenvalue weighted by molar-refractivity contribution is -0.132. The van der Waals surface area contributed by atoms with Crippen molar-refractivity contribution in [3.63, 3.8) is 0 Å². The number of ether oxygens (including phenoxy) is 1. The second kappa shape index (κ2) is 4.23. The highest BCUT2D eigenvalue weighted by molar-refractivity contribution is 5.74. The molecule has 4 nitrogen and oxygen atoms in total. The molecule has 0 bridgehead atoms. The first kappa shape index (κ1) is 8.39. The molecule has 4 heteroatoms. The molecular weight excluding hydrogens is 158 g/mol. The fourth-order valence-corrected chi connectivity index (χ4v) is 0.705. The van der Waals surface area contributed by atoms with E-state index in [0.717, 1.165) is 0 Å². The van der Waals surface area contributed by atoms with Gasteiger partial charge in [-0.15, -0.1) is 0 Å². The maximum Gasteiger partial charge on any atom is 0.336 e. The van der Waals surface area contributed by atoms with Crippen molar-refractivity contribution in [1.82, 2.24) is 0 Å². The van der Waals surface area contributed by atoms with Crippen LogP contribution in [0.1, 0.15) is 0 Å². The monoisotopic (exact) mass is 165 g/mol. The van der Waals surface area contributed by atoms with Crippen molar-refractivity contribution in [3.8, 4) is 5.75 Å². The summed E-state index contributed by atoms with van der Waals surface area (Å²) in [6, 6.07) is 8.52. The average Bonchev–Trinajstić information content (AvgIpc) is 2.06. The first-order valence-corrected chi connectivity index (χ1v) is 3.38. The number of carbonyl (C=O) groups is 1. The summed E-state index contributed by atoms with van der Waals surface area (Å²) in [5.74, 6) is -0.220. The third-order valence-electron chi connectivity index (χ3n) is 1.17. The van der Waals surface area contributed by atoms with Crippen LogP contribution < -0.4 is 4.74 Å². The molecule has 62 valence electrons. The Labute approximate surface area is 69.1 Å². The summed E-state index contributed by atoms with van der Waals surface area (Å²) in [6.07, 6.45) is 0. The Morgan fingerprint density at radius 3 is 2.58 bits per heavy atom. The normalized spacial score (nSPS) is 9.00. The van der Waals surface area contributed by atoms with Crippen LogP contribution in [0.15, 0.2) is 35.5 Å². The van der Waals surface area contributed by atoms with Gasteiger partial charge in [-0.05, 0) is 12.1 Å². The summed E-state index contributed by atoms with van der Waals surface area (Å²) < 4.78 is 4.72. The van der Waals surface area contributed by atoms with Crippen LogP contribution >= 0.6 is 0 Å². The predicted molar refractivity (Wildman–Crippen MR) is 42.7 cm³/mol. The summed E-state index contributed by atoms with van der Waals surface area (Å²) in [7, 11) is 0. The lowest BCUT2D eigenvalue weighted by atomic mass is 10.3. The van der Waals surface area contributed by atoms with Crippen molar-refractivity contribution in [1.29, 1.82) is 0 Å². The maximum absolute atomic E-state index is 10.7. The summed E-state index contributed by atoms with van der Waals surface area (Å²) in [5.41, 5.74) is 0. The molecule has 0 fully saturated rings. The van der Waals surface area contributed by atoms with E-state index in [-0.39, 0.29) is 0 Å². The molecule has 0 spiro atoms. The van der Waals surface area contributed by atoms with E-state index in [1.54, 1.807) is 30.3 Å². The summed E-state index contributed by atoms with van der Waals surface area (Å²) in [5, 5.41) is 2.41. The predicted octanol–water partition coefficient (Wildman–Crippen LogP) is 1.36. The number of benzene rings is 1. The van der Waals surface area contributed by atoms with Crippen molar-refractivity contribution in [3.05, 3.63) is 35.2 Å². The molecule has 0 saturated carbocycles. The molecule has 0 aromatic heterocycles. The van der Waals surface area contributed by atoms with Crippen LogP contribution in [-0.4, -0.2) is 12.5 Å². The molecule has 0 aliphatic heterocycles. The Morgan fingerprint density at radius 1 is 1.33 bits per heavy atom. The molecule has 0 N–H and O–H groups in total. The van der Waals surface area contributed by atoms with Gasteiger partial charge in [0.2, 0.25) is 0 Å². The largest absolute Gasteiger partial charge is 0.425 e. The van der Waals surface area contributed by atoms with Crippen LogP contribution in [-0.2, 0) is 4.79 Å². The molecule has 1 aromatic carbocycles. The lowest BCUT2D eigenvalue weighted by Crippen LogP contribution is -2.10. The van der Waals surface area contributed by atoms with E-state index in [0.29, 0.717) is 5.75 Å². The number of para-hydroxylation sites is 1. The molecule has 1 aromatic rings. The third kappa shape index (κ3) is 2.49. The van der Waals surface area contributed by atoms with E-state index in [1.165, 1.54) is 0 Å². The topological polar surface area (TPSA) is 55.7 Å². The molecule has 12 heavy (non-hydrogen) atoms. The number of rotatable bonds is 3. The van der Waals surface area contributed by atoms with Crippen LogP contribution in [0.5, 0.6) is 5.75 Å². The third-order valence-corrected chi connectivity index (χ3v) is 1.17. The first-order chi connectivity index (χ1) is 5.83. The molecule has 0 aliphatic carbocycles. The fourth-order valence-electron chi connectivity index (χ4n) is 0.705. The van der Waals surface area contributed by atoms with E-state index in [2.05, 4.69) is 5.18 Å². The van der Waals surface area contributed by atoms with Crippen molar-refractivity contribution in [2.24, 2.45) is 5.18 Å². The summed E-state index contributed by atoms with van der Waals surface area (Å²) in [6.45, 7) is -0.450. The van der Waals surface area contributed by atoms with E-state index in [1.807, 2.05) is 0 Å². The minimum atomic E-state index is -0.642. The van der Waals surface area contributed by atoms with Crippen molar-refractivity contribution in [2.45, 2.75) is 0 Å². The van der Waals surface area contributed by atoms with Gasteiger partial charge in [0.25, 0.3) is 0 Å². The van der Waals surface area contributed by atoms with E-state index in [4.69, 9.17) is 4.74 Å². The van der Waals surface area contributed by atoms with Crippen molar-refractivity contribution < 1.29 is 9.53 Å². The molecule has 0 radical (unpaired) electrons. The molecule has 0 atom stereocenters. The molecule has 0 heterocycles. The highest BCUT2D eigenvalue weighted by atomic mass is 16.5. The van der Waals surface area contributed by atoms with E-state index < -0.39 is 12.5 Å². The van der Waals surface area contributed by atoms with Gasteiger partial charge in [-0.25, -0.2) is 4.79 Å². The standard InChI is InChI=1S/C8H7NO3/c10-8(6-9-11)12-7-4-2-1-3-5-7/h1-5H,6H2. The number of hydrogen-bond acceptors (Lipinski definition) is 4. The molecular formula is C8H7NO3. The highest BCUT2D eigenvalue weighted by Gasteiger charge is 2.02. The Kier molecular flexibility index (Phi) is 2.95. The van der Waals surface area contributed by atoms with Crippen LogP contribution in [0.3, 0.4) is 0 Å². The summed E-state index contributed by atoms with van der Waals surface area (Å²) in [4.78, 5) is 20.4. The number of carbonyl (C=O) groups excluding carboxylic acids is 1. The Hall–Kier alpha value is -1.71. The van der Waals surface area contributed by atoms with Crippen LogP contribution in [0.4, 0.5) is 0 Å². The lowest BCUT2D eigenvalue weighted by Gasteiger charge is -1.99. The first-order valence-electron chi connectivity index (χ1n) is 3.38. The number of nitroso groups, excluding NO2 is 1. The van der Waals surface area contributed by atoms with E-state index in [9.17, 15) is 9.70 Å². The number of hydrogen-bond donors (Lipinski definition) is 0. The van der Waals surface area contributed by atoms with Gasteiger partial charge in [-0.2, -0.15) is 4.91 Å². The summed E-state index contributed by atoms with van der Waals surface area (Å²) >= 11 is 0. The van der Waals surface area contributed by atoms with Crippen molar-refractivity contribution in [2.75, 3.05) is 6.54 Å². The van der Waals surface area contributed by atoms with Gasteiger partial charge in [0.1, 0.15) is 5.75 Å². The number of nitrogens with zero attached hydrogens (tertiary/aromatic N) is 1. The zero-order chi connectivity index (χ0) is 8.81. The van der Waals surface area contributed by atoms with Crippen LogP contribution in [0, 0.1) is 4.91 Å². The van der Waals surface area contributed by atoms with Gasteiger partial charge < -0.3 is 4.74 Å². The van der Waals surface area contributed by atoms with Gasteiger partial charge in [0, 0.05) is 0 Å². The van der Waals surface area contributed by atoms with Gasteiger partial charge in [0.05, 0.1) is 0 Å². The SMILES string of the molecule is O=NCC(=O)Oc1ccccc1. The second-order valence-corrected chi connectivity index (χ2v) is 2.07. The average molecular weight is 165 g/mol.